The standard InChI is InChI=1S/C13H28N2/c1-4-10-13(3,14)11-15(5-2)12-8-6-7-9-12/h12H,4-11,14H2,1-3H3. The minimum Gasteiger partial charge on any atom is -0.324 e. The summed E-state index contributed by atoms with van der Waals surface area (Å²) in [5.74, 6) is 0. The first-order valence-electron chi connectivity index (χ1n) is 6.62. The minimum absolute atomic E-state index is 0.00729. The molecule has 1 saturated carbocycles. The summed E-state index contributed by atoms with van der Waals surface area (Å²) < 4.78 is 0. The lowest BCUT2D eigenvalue weighted by molar-refractivity contribution is 0.162. The molecule has 90 valence electrons. The van der Waals surface area contributed by atoms with Crippen molar-refractivity contribution in [2.45, 2.75) is 70.9 Å². The zero-order chi connectivity index (χ0) is 11.3. The number of nitrogens with two attached hydrogens (primary N) is 1. The van der Waals surface area contributed by atoms with Crippen LogP contribution < -0.4 is 5.73 Å². The van der Waals surface area contributed by atoms with Gasteiger partial charge in [0.05, 0.1) is 0 Å². The van der Waals surface area contributed by atoms with E-state index in [4.69, 9.17) is 5.73 Å². The maximum absolute atomic E-state index is 6.33. The summed E-state index contributed by atoms with van der Waals surface area (Å²) in [6.07, 6.45) is 7.92. The Morgan fingerprint density at radius 2 is 1.87 bits per heavy atom. The van der Waals surface area contributed by atoms with Gasteiger partial charge in [-0.15, -0.1) is 0 Å². The Morgan fingerprint density at radius 1 is 1.27 bits per heavy atom. The first-order chi connectivity index (χ1) is 7.09. The molecule has 0 aromatic rings. The minimum atomic E-state index is 0.00729. The van der Waals surface area contributed by atoms with Crippen molar-refractivity contribution < 1.29 is 0 Å². The van der Waals surface area contributed by atoms with E-state index in [1.807, 2.05) is 0 Å². The van der Waals surface area contributed by atoms with Gasteiger partial charge in [-0.1, -0.05) is 33.1 Å². The number of hydrogen-bond acceptors (Lipinski definition) is 2. The summed E-state index contributed by atoms with van der Waals surface area (Å²) in [6, 6.07) is 0.815. The normalized spacial score (nSPS) is 22.2. The second kappa shape index (κ2) is 5.86. The van der Waals surface area contributed by atoms with E-state index in [0.29, 0.717) is 0 Å². The van der Waals surface area contributed by atoms with Gasteiger partial charge in [-0.25, -0.2) is 0 Å². The number of likely N-dealkylation sites (N-methyl/N-ethyl adjacent to an activating group) is 1. The third kappa shape index (κ3) is 4.12. The first kappa shape index (κ1) is 13.0. The van der Waals surface area contributed by atoms with Gasteiger partial charge < -0.3 is 5.73 Å². The van der Waals surface area contributed by atoms with Crippen molar-refractivity contribution >= 4 is 0 Å². The van der Waals surface area contributed by atoms with Gasteiger partial charge in [0.1, 0.15) is 0 Å². The molecule has 0 amide bonds. The molecule has 1 fully saturated rings. The molecule has 1 aliphatic carbocycles. The molecule has 0 bridgehead atoms. The second-order valence-electron chi connectivity index (χ2n) is 5.41. The van der Waals surface area contributed by atoms with Crippen LogP contribution in [0, 0.1) is 0 Å². The molecule has 15 heavy (non-hydrogen) atoms. The fourth-order valence-corrected chi connectivity index (χ4v) is 2.88. The lowest BCUT2D eigenvalue weighted by Gasteiger charge is -2.35. The van der Waals surface area contributed by atoms with Crippen LogP contribution in [-0.4, -0.2) is 29.6 Å². The van der Waals surface area contributed by atoms with Crippen LogP contribution in [0.1, 0.15) is 59.3 Å². The molecule has 1 aliphatic rings. The van der Waals surface area contributed by atoms with Crippen LogP contribution in [0.25, 0.3) is 0 Å². The zero-order valence-electron chi connectivity index (χ0n) is 10.8. The van der Waals surface area contributed by atoms with Crippen molar-refractivity contribution in [2.75, 3.05) is 13.1 Å². The number of rotatable bonds is 6. The lowest BCUT2D eigenvalue weighted by atomic mass is 9.96. The SMILES string of the molecule is CCCC(C)(N)CN(CC)C1CCCC1. The average Bonchev–Trinajstić information content (AvgIpc) is 2.67. The van der Waals surface area contributed by atoms with Crippen LogP contribution in [0.3, 0.4) is 0 Å². The van der Waals surface area contributed by atoms with Crippen molar-refractivity contribution in [2.24, 2.45) is 5.73 Å². The molecular formula is C13H28N2. The summed E-state index contributed by atoms with van der Waals surface area (Å²) >= 11 is 0. The Labute approximate surface area is 95.2 Å². The Bertz CT molecular complexity index is 171. The quantitative estimate of drug-likeness (QED) is 0.733. The zero-order valence-corrected chi connectivity index (χ0v) is 10.8. The lowest BCUT2D eigenvalue weighted by Crippen LogP contribution is -2.50. The van der Waals surface area contributed by atoms with Gasteiger partial charge in [-0.3, -0.25) is 4.90 Å². The highest BCUT2D eigenvalue weighted by atomic mass is 15.2. The molecule has 1 atom stereocenters. The molecule has 0 radical (unpaired) electrons. The van der Waals surface area contributed by atoms with Gasteiger partial charge in [0.2, 0.25) is 0 Å². The molecule has 2 N–H and O–H groups in total. The van der Waals surface area contributed by atoms with Gasteiger partial charge >= 0.3 is 0 Å². The van der Waals surface area contributed by atoms with E-state index in [2.05, 4.69) is 25.7 Å². The topological polar surface area (TPSA) is 29.3 Å². The van der Waals surface area contributed by atoms with Crippen LogP contribution in [0.5, 0.6) is 0 Å². The molecule has 0 aromatic carbocycles. The Kier molecular flexibility index (Phi) is 5.07. The Morgan fingerprint density at radius 3 is 2.33 bits per heavy atom. The maximum Gasteiger partial charge on any atom is 0.0254 e. The third-order valence-corrected chi connectivity index (χ3v) is 3.63. The largest absolute Gasteiger partial charge is 0.324 e. The average molecular weight is 212 g/mol. The highest BCUT2D eigenvalue weighted by Gasteiger charge is 2.27. The highest BCUT2D eigenvalue weighted by Crippen LogP contribution is 2.25. The van der Waals surface area contributed by atoms with Crippen molar-refractivity contribution in [1.82, 2.24) is 4.90 Å². The fraction of sp³-hybridized carbons (Fsp3) is 1.00. The molecule has 0 saturated heterocycles. The van der Waals surface area contributed by atoms with Gasteiger partial charge in [0, 0.05) is 18.1 Å². The second-order valence-corrected chi connectivity index (χ2v) is 5.41. The third-order valence-electron chi connectivity index (χ3n) is 3.63. The molecule has 1 unspecified atom stereocenters. The van der Waals surface area contributed by atoms with Crippen LogP contribution in [0.2, 0.25) is 0 Å². The predicted octanol–water partition coefficient (Wildman–Crippen LogP) is 2.77. The van der Waals surface area contributed by atoms with Gasteiger partial charge in [-0.2, -0.15) is 0 Å². The van der Waals surface area contributed by atoms with E-state index in [0.717, 1.165) is 25.6 Å². The van der Waals surface area contributed by atoms with Gasteiger partial charge in [-0.05, 0) is 32.7 Å². The van der Waals surface area contributed by atoms with Gasteiger partial charge in [0.25, 0.3) is 0 Å². The van der Waals surface area contributed by atoms with Crippen LogP contribution >= 0.6 is 0 Å². The van der Waals surface area contributed by atoms with Crippen LogP contribution in [-0.2, 0) is 0 Å². The summed E-state index contributed by atoms with van der Waals surface area (Å²) in [4.78, 5) is 2.60. The molecule has 0 aromatic heterocycles. The maximum atomic E-state index is 6.33. The van der Waals surface area contributed by atoms with E-state index in [1.165, 1.54) is 32.1 Å². The highest BCUT2D eigenvalue weighted by molar-refractivity contribution is 4.86. The summed E-state index contributed by atoms with van der Waals surface area (Å²) in [5, 5.41) is 0. The van der Waals surface area contributed by atoms with E-state index in [9.17, 15) is 0 Å². The number of hydrogen-bond donors (Lipinski definition) is 1. The molecular weight excluding hydrogens is 184 g/mol. The Balaban J connectivity index is 2.44. The van der Waals surface area contributed by atoms with Crippen LogP contribution in [0.4, 0.5) is 0 Å². The Hall–Kier alpha value is -0.0800. The van der Waals surface area contributed by atoms with Crippen molar-refractivity contribution in [3.05, 3.63) is 0 Å². The van der Waals surface area contributed by atoms with E-state index in [-0.39, 0.29) is 5.54 Å². The van der Waals surface area contributed by atoms with Crippen LogP contribution in [0.15, 0.2) is 0 Å². The smallest absolute Gasteiger partial charge is 0.0254 e. The summed E-state index contributed by atoms with van der Waals surface area (Å²) in [5.41, 5.74) is 6.34. The van der Waals surface area contributed by atoms with Crippen molar-refractivity contribution in [3.63, 3.8) is 0 Å². The molecule has 1 rings (SSSR count). The van der Waals surface area contributed by atoms with E-state index < -0.39 is 0 Å². The van der Waals surface area contributed by atoms with Crippen molar-refractivity contribution in [1.29, 1.82) is 0 Å². The van der Waals surface area contributed by atoms with Crippen molar-refractivity contribution in [3.8, 4) is 0 Å². The van der Waals surface area contributed by atoms with Gasteiger partial charge in [0.15, 0.2) is 0 Å². The molecule has 0 spiro atoms. The summed E-state index contributed by atoms with van der Waals surface area (Å²) in [6.45, 7) is 8.91. The molecule has 2 heteroatoms. The molecule has 0 aliphatic heterocycles. The van der Waals surface area contributed by atoms with E-state index >= 15 is 0 Å². The fourth-order valence-electron chi connectivity index (χ4n) is 2.88. The number of nitrogens with zero attached hydrogens (tertiary/aromatic N) is 1. The summed E-state index contributed by atoms with van der Waals surface area (Å²) in [7, 11) is 0. The molecule has 0 heterocycles. The monoisotopic (exact) mass is 212 g/mol. The van der Waals surface area contributed by atoms with E-state index in [1.54, 1.807) is 0 Å². The molecule has 2 nitrogen and oxygen atoms in total. The predicted molar refractivity (Wildman–Crippen MR) is 67.0 cm³/mol. The first-order valence-corrected chi connectivity index (χ1v) is 6.62.